The normalized spacial score (nSPS) is 26.0. The Labute approximate surface area is 125 Å². The van der Waals surface area contributed by atoms with Gasteiger partial charge in [-0.25, -0.2) is 0 Å². The van der Waals surface area contributed by atoms with Gasteiger partial charge in [0.1, 0.15) is 0 Å². The van der Waals surface area contributed by atoms with Gasteiger partial charge in [0.25, 0.3) is 0 Å². The van der Waals surface area contributed by atoms with E-state index in [-0.39, 0.29) is 5.92 Å². The Hall–Kier alpha value is -0.580. The molecule has 0 aliphatic carbocycles. The fraction of sp³-hybridized carbons (Fsp3) is 0.533. The maximum atomic E-state index is 5.95. The molecule has 0 spiro atoms. The highest BCUT2D eigenvalue weighted by Gasteiger charge is 2.25. The molecule has 0 amide bonds. The molecule has 4 heteroatoms. The highest BCUT2D eigenvalue weighted by molar-refractivity contribution is 8.00. The van der Waals surface area contributed by atoms with Crippen molar-refractivity contribution in [3.8, 4) is 0 Å². The number of rotatable bonds is 4. The van der Waals surface area contributed by atoms with Gasteiger partial charge in [-0.3, -0.25) is 0 Å². The van der Waals surface area contributed by atoms with Crippen molar-refractivity contribution >= 4 is 29.0 Å². The van der Waals surface area contributed by atoms with E-state index in [0.29, 0.717) is 15.5 Å². The van der Waals surface area contributed by atoms with Crippen LogP contribution in [0.15, 0.2) is 30.3 Å². The molecule has 1 fully saturated rings. The molecule has 19 heavy (non-hydrogen) atoms. The standard InChI is InChI=1S/C15H22N2S2/c1-11-8-17(9-12(2)19-11)10-14(15(16)18)13-6-4-3-5-7-13/h3-7,11-12,14H,8-10H2,1-2H3,(H2,16,18). The summed E-state index contributed by atoms with van der Waals surface area (Å²) in [6.07, 6.45) is 0. The molecule has 0 saturated carbocycles. The SMILES string of the molecule is CC1CN(CC(C(N)=S)c2ccccc2)CC(C)S1. The Bertz CT molecular complexity index is 411. The molecule has 1 heterocycles. The second kappa shape index (κ2) is 6.73. The first-order chi connectivity index (χ1) is 9.06. The summed E-state index contributed by atoms with van der Waals surface area (Å²) in [6, 6.07) is 10.4. The van der Waals surface area contributed by atoms with Crippen molar-refractivity contribution in [2.45, 2.75) is 30.3 Å². The molecule has 2 nitrogen and oxygen atoms in total. The molecule has 0 radical (unpaired) electrons. The minimum Gasteiger partial charge on any atom is -0.393 e. The van der Waals surface area contributed by atoms with Gasteiger partial charge in [0, 0.05) is 36.1 Å². The van der Waals surface area contributed by atoms with Gasteiger partial charge in [-0.2, -0.15) is 11.8 Å². The Kier molecular flexibility index (Phi) is 5.25. The van der Waals surface area contributed by atoms with Crippen LogP contribution in [0.3, 0.4) is 0 Å². The highest BCUT2D eigenvalue weighted by atomic mass is 32.2. The van der Waals surface area contributed by atoms with Crippen molar-refractivity contribution in [2.75, 3.05) is 19.6 Å². The summed E-state index contributed by atoms with van der Waals surface area (Å²) in [6.45, 7) is 7.79. The fourth-order valence-corrected chi connectivity index (χ4v) is 4.33. The molecule has 104 valence electrons. The van der Waals surface area contributed by atoms with Crippen molar-refractivity contribution in [2.24, 2.45) is 5.73 Å². The monoisotopic (exact) mass is 294 g/mol. The minimum atomic E-state index is 0.165. The Morgan fingerprint density at radius 1 is 1.32 bits per heavy atom. The van der Waals surface area contributed by atoms with Crippen LogP contribution >= 0.6 is 24.0 Å². The lowest BCUT2D eigenvalue weighted by Gasteiger charge is -2.36. The van der Waals surface area contributed by atoms with Gasteiger partial charge in [-0.05, 0) is 5.56 Å². The number of benzene rings is 1. The molecule has 3 atom stereocenters. The molecule has 0 aromatic heterocycles. The zero-order valence-corrected chi connectivity index (χ0v) is 13.2. The Morgan fingerprint density at radius 2 is 1.89 bits per heavy atom. The van der Waals surface area contributed by atoms with Crippen molar-refractivity contribution < 1.29 is 0 Å². The Morgan fingerprint density at radius 3 is 2.42 bits per heavy atom. The molecular formula is C15H22N2S2. The molecule has 1 aliphatic rings. The molecule has 1 aromatic carbocycles. The Balaban J connectivity index is 2.07. The average Bonchev–Trinajstić information content (AvgIpc) is 2.35. The van der Waals surface area contributed by atoms with E-state index in [0.717, 1.165) is 19.6 Å². The van der Waals surface area contributed by atoms with Crippen LogP contribution in [-0.4, -0.2) is 40.0 Å². The van der Waals surface area contributed by atoms with Gasteiger partial charge in [0.15, 0.2) is 0 Å². The van der Waals surface area contributed by atoms with E-state index >= 15 is 0 Å². The number of thioether (sulfide) groups is 1. The summed E-state index contributed by atoms with van der Waals surface area (Å²) in [4.78, 5) is 3.10. The summed E-state index contributed by atoms with van der Waals surface area (Å²) in [5.41, 5.74) is 7.18. The first-order valence-electron chi connectivity index (χ1n) is 6.78. The van der Waals surface area contributed by atoms with Crippen LogP contribution in [0.25, 0.3) is 0 Å². The summed E-state index contributed by atoms with van der Waals surface area (Å²) < 4.78 is 0. The second-order valence-electron chi connectivity index (χ2n) is 5.34. The largest absolute Gasteiger partial charge is 0.393 e. The summed E-state index contributed by atoms with van der Waals surface area (Å²) in [7, 11) is 0. The molecule has 3 unspecified atom stereocenters. The van der Waals surface area contributed by atoms with Crippen LogP contribution in [-0.2, 0) is 0 Å². The van der Waals surface area contributed by atoms with Crippen LogP contribution in [0.4, 0.5) is 0 Å². The lowest BCUT2D eigenvalue weighted by atomic mass is 9.98. The van der Waals surface area contributed by atoms with Crippen molar-refractivity contribution in [3.05, 3.63) is 35.9 Å². The van der Waals surface area contributed by atoms with E-state index in [4.69, 9.17) is 18.0 Å². The maximum Gasteiger partial charge on any atom is 0.0816 e. The summed E-state index contributed by atoms with van der Waals surface area (Å²) >= 11 is 7.34. The van der Waals surface area contributed by atoms with E-state index in [1.165, 1.54) is 5.56 Å². The number of hydrogen-bond donors (Lipinski definition) is 1. The molecule has 1 aliphatic heterocycles. The third kappa shape index (κ3) is 4.20. The van der Waals surface area contributed by atoms with Crippen molar-refractivity contribution in [3.63, 3.8) is 0 Å². The maximum absolute atomic E-state index is 5.95. The molecule has 0 bridgehead atoms. The van der Waals surface area contributed by atoms with E-state index in [2.05, 4.69) is 54.8 Å². The highest BCUT2D eigenvalue weighted by Crippen LogP contribution is 2.27. The van der Waals surface area contributed by atoms with Crippen LogP contribution in [0.2, 0.25) is 0 Å². The van der Waals surface area contributed by atoms with Crippen LogP contribution in [0.1, 0.15) is 25.3 Å². The number of hydrogen-bond acceptors (Lipinski definition) is 3. The quantitative estimate of drug-likeness (QED) is 0.865. The third-order valence-corrected chi connectivity index (χ3v) is 4.99. The van der Waals surface area contributed by atoms with Gasteiger partial charge >= 0.3 is 0 Å². The summed E-state index contributed by atoms with van der Waals surface area (Å²) in [5, 5.41) is 1.37. The van der Waals surface area contributed by atoms with Gasteiger partial charge in [-0.15, -0.1) is 0 Å². The molecular weight excluding hydrogens is 272 g/mol. The van der Waals surface area contributed by atoms with Gasteiger partial charge in [0.05, 0.1) is 4.99 Å². The number of nitrogens with two attached hydrogens (primary N) is 1. The molecule has 1 aromatic rings. The van der Waals surface area contributed by atoms with E-state index in [1.807, 2.05) is 6.07 Å². The van der Waals surface area contributed by atoms with Crippen molar-refractivity contribution in [1.82, 2.24) is 4.90 Å². The predicted molar refractivity (Wildman–Crippen MR) is 88.9 cm³/mol. The molecule has 2 N–H and O–H groups in total. The van der Waals surface area contributed by atoms with Crippen LogP contribution < -0.4 is 5.73 Å². The lowest BCUT2D eigenvalue weighted by Crippen LogP contribution is -2.44. The van der Waals surface area contributed by atoms with Gasteiger partial charge < -0.3 is 10.6 Å². The number of nitrogens with zero attached hydrogens (tertiary/aromatic N) is 1. The smallest absolute Gasteiger partial charge is 0.0816 e. The third-order valence-electron chi connectivity index (χ3n) is 3.48. The average molecular weight is 294 g/mol. The van der Waals surface area contributed by atoms with E-state index in [9.17, 15) is 0 Å². The van der Waals surface area contributed by atoms with E-state index in [1.54, 1.807) is 0 Å². The molecule has 1 saturated heterocycles. The zero-order chi connectivity index (χ0) is 13.8. The zero-order valence-electron chi connectivity index (χ0n) is 11.6. The summed E-state index contributed by atoms with van der Waals surface area (Å²) in [5.74, 6) is 0.165. The number of thiocarbonyl (C=S) groups is 1. The van der Waals surface area contributed by atoms with Gasteiger partial charge in [-0.1, -0.05) is 56.4 Å². The van der Waals surface area contributed by atoms with Crippen LogP contribution in [0, 0.1) is 0 Å². The van der Waals surface area contributed by atoms with Crippen molar-refractivity contribution in [1.29, 1.82) is 0 Å². The van der Waals surface area contributed by atoms with Gasteiger partial charge in [0.2, 0.25) is 0 Å². The first kappa shape index (κ1) is 14.8. The minimum absolute atomic E-state index is 0.165. The second-order valence-corrected chi connectivity index (χ2v) is 7.69. The first-order valence-corrected chi connectivity index (χ1v) is 8.13. The lowest BCUT2D eigenvalue weighted by molar-refractivity contribution is 0.268. The van der Waals surface area contributed by atoms with E-state index < -0.39 is 0 Å². The fourth-order valence-electron chi connectivity index (χ4n) is 2.74. The topological polar surface area (TPSA) is 29.3 Å². The van der Waals surface area contributed by atoms with Crippen LogP contribution in [0.5, 0.6) is 0 Å². The predicted octanol–water partition coefficient (Wildman–Crippen LogP) is 2.88. The molecule has 2 rings (SSSR count).